The third-order valence-corrected chi connectivity index (χ3v) is 3.71. The molecule has 1 aliphatic rings. The predicted octanol–water partition coefficient (Wildman–Crippen LogP) is 1.04. The molecule has 96 valence electrons. The first kappa shape index (κ1) is 10.7. The zero-order chi connectivity index (χ0) is 12.8. The van der Waals surface area contributed by atoms with E-state index in [1.165, 1.54) is 0 Å². The number of H-pyrrole nitrogens is 1. The van der Waals surface area contributed by atoms with Crippen LogP contribution in [0.15, 0.2) is 24.5 Å². The van der Waals surface area contributed by atoms with E-state index in [1.807, 2.05) is 18.3 Å². The van der Waals surface area contributed by atoms with Crippen LogP contribution < -0.4 is 10.6 Å². The Balaban J connectivity index is 2.01. The number of fused-ring (bicyclic) bond motifs is 3. The maximum absolute atomic E-state index is 6.01. The van der Waals surface area contributed by atoms with Crippen LogP contribution in [-0.2, 0) is 0 Å². The molecule has 1 saturated heterocycles. The van der Waals surface area contributed by atoms with Gasteiger partial charge in [-0.2, -0.15) is 0 Å². The number of nitrogens with one attached hydrogen (secondary N) is 1. The lowest BCUT2D eigenvalue weighted by Crippen LogP contribution is -2.26. The summed E-state index contributed by atoms with van der Waals surface area (Å²) >= 11 is 0. The molecule has 1 atom stereocenters. The van der Waals surface area contributed by atoms with Gasteiger partial charge in [-0.15, -0.1) is 10.2 Å². The monoisotopic (exact) mass is 254 g/mol. The van der Waals surface area contributed by atoms with Crippen molar-refractivity contribution in [2.45, 2.75) is 12.5 Å². The molecule has 3 aromatic heterocycles. The van der Waals surface area contributed by atoms with Gasteiger partial charge in [0.2, 0.25) is 0 Å². The summed E-state index contributed by atoms with van der Waals surface area (Å²) in [6.07, 6.45) is 4.69. The first-order chi connectivity index (χ1) is 9.33. The van der Waals surface area contributed by atoms with Crippen LogP contribution in [0.1, 0.15) is 6.42 Å². The second-order valence-electron chi connectivity index (χ2n) is 4.96. The summed E-state index contributed by atoms with van der Waals surface area (Å²) in [7, 11) is 0. The number of aromatic nitrogens is 4. The van der Waals surface area contributed by atoms with Gasteiger partial charge in [-0.1, -0.05) is 0 Å². The van der Waals surface area contributed by atoms with Crippen LogP contribution in [-0.4, -0.2) is 39.3 Å². The molecule has 0 saturated carbocycles. The Morgan fingerprint density at radius 1 is 1.32 bits per heavy atom. The second kappa shape index (κ2) is 3.89. The fourth-order valence-electron chi connectivity index (χ4n) is 2.79. The maximum Gasteiger partial charge on any atom is 0.184 e. The first-order valence-corrected chi connectivity index (χ1v) is 6.42. The number of hydrogen-bond acceptors (Lipinski definition) is 5. The zero-order valence-corrected chi connectivity index (χ0v) is 10.4. The van der Waals surface area contributed by atoms with Crippen LogP contribution in [0.2, 0.25) is 0 Å². The van der Waals surface area contributed by atoms with Crippen molar-refractivity contribution in [3.63, 3.8) is 0 Å². The second-order valence-corrected chi connectivity index (χ2v) is 4.96. The van der Waals surface area contributed by atoms with Crippen molar-refractivity contribution < 1.29 is 0 Å². The summed E-state index contributed by atoms with van der Waals surface area (Å²) < 4.78 is 0. The molecule has 0 radical (unpaired) electrons. The summed E-state index contributed by atoms with van der Waals surface area (Å²) in [6.45, 7) is 1.86. The van der Waals surface area contributed by atoms with Crippen molar-refractivity contribution in [2.75, 3.05) is 18.0 Å². The topological polar surface area (TPSA) is 83.7 Å². The number of nitrogens with two attached hydrogens (primary N) is 1. The minimum Gasteiger partial charge on any atom is -0.369 e. The molecule has 1 aliphatic heterocycles. The Hall–Kier alpha value is -2.21. The molecular formula is C13H14N6. The van der Waals surface area contributed by atoms with E-state index in [4.69, 9.17) is 5.73 Å². The Morgan fingerprint density at radius 3 is 3.11 bits per heavy atom. The highest BCUT2D eigenvalue weighted by atomic mass is 15.2. The van der Waals surface area contributed by atoms with Crippen LogP contribution in [0, 0.1) is 0 Å². The first-order valence-electron chi connectivity index (χ1n) is 6.42. The molecule has 3 aromatic rings. The Labute approximate surface area is 109 Å². The van der Waals surface area contributed by atoms with E-state index in [0.29, 0.717) is 5.65 Å². The van der Waals surface area contributed by atoms with E-state index in [2.05, 4.69) is 25.1 Å². The van der Waals surface area contributed by atoms with Crippen molar-refractivity contribution in [1.82, 2.24) is 20.2 Å². The van der Waals surface area contributed by atoms with Gasteiger partial charge in [0, 0.05) is 36.9 Å². The van der Waals surface area contributed by atoms with Gasteiger partial charge in [0.05, 0.1) is 11.1 Å². The van der Waals surface area contributed by atoms with Crippen molar-refractivity contribution >= 4 is 27.8 Å². The minimum atomic E-state index is 0.250. The zero-order valence-electron chi connectivity index (χ0n) is 10.4. The fraction of sp³-hybridized carbons (Fsp3) is 0.308. The molecule has 0 aliphatic carbocycles. The number of nitrogens with zero attached hydrogens (tertiary/aromatic N) is 4. The average molecular weight is 254 g/mol. The molecule has 0 bridgehead atoms. The molecule has 0 aromatic carbocycles. The molecule has 0 amide bonds. The summed E-state index contributed by atoms with van der Waals surface area (Å²) in [5, 5.41) is 10.4. The van der Waals surface area contributed by atoms with Crippen molar-refractivity contribution in [3.8, 4) is 0 Å². The van der Waals surface area contributed by atoms with Crippen LogP contribution >= 0.6 is 0 Å². The number of pyridine rings is 1. The lowest BCUT2D eigenvalue weighted by atomic mass is 10.2. The van der Waals surface area contributed by atoms with E-state index < -0.39 is 0 Å². The average Bonchev–Trinajstić information content (AvgIpc) is 3.06. The van der Waals surface area contributed by atoms with E-state index >= 15 is 0 Å². The van der Waals surface area contributed by atoms with Gasteiger partial charge in [-0.3, -0.25) is 0 Å². The largest absolute Gasteiger partial charge is 0.369 e. The van der Waals surface area contributed by atoms with Gasteiger partial charge in [0.1, 0.15) is 0 Å². The molecule has 3 N–H and O–H groups in total. The van der Waals surface area contributed by atoms with Crippen LogP contribution in [0.4, 0.5) is 5.69 Å². The smallest absolute Gasteiger partial charge is 0.184 e. The van der Waals surface area contributed by atoms with Gasteiger partial charge in [-0.25, -0.2) is 4.98 Å². The number of anilines is 1. The highest BCUT2D eigenvalue weighted by Crippen LogP contribution is 2.31. The molecule has 0 spiro atoms. The number of aromatic amines is 1. The number of rotatable bonds is 1. The molecule has 4 rings (SSSR count). The van der Waals surface area contributed by atoms with Gasteiger partial charge in [-0.05, 0) is 18.6 Å². The molecule has 6 nitrogen and oxygen atoms in total. The molecule has 19 heavy (non-hydrogen) atoms. The predicted molar refractivity (Wildman–Crippen MR) is 74.0 cm³/mol. The lowest BCUT2D eigenvalue weighted by Gasteiger charge is -2.19. The Kier molecular flexibility index (Phi) is 2.19. The molecule has 1 unspecified atom stereocenters. The third kappa shape index (κ3) is 1.57. The van der Waals surface area contributed by atoms with Crippen molar-refractivity contribution in [2.24, 2.45) is 5.73 Å². The molecule has 4 heterocycles. The number of hydrogen-bond donors (Lipinski definition) is 2. The highest BCUT2D eigenvalue weighted by Gasteiger charge is 2.22. The van der Waals surface area contributed by atoms with Crippen molar-refractivity contribution in [1.29, 1.82) is 0 Å². The van der Waals surface area contributed by atoms with E-state index in [0.717, 1.165) is 41.6 Å². The third-order valence-electron chi connectivity index (χ3n) is 3.71. The Bertz CT molecular complexity index is 749. The SMILES string of the molecule is NC1CCN(c2ccnc3nnc4[nH]ccc4c23)C1. The maximum atomic E-state index is 6.01. The summed E-state index contributed by atoms with van der Waals surface area (Å²) in [5.41, 5.74) is 8.64. The summed E-state index contributed by atoms with van der Waals surface area (Å²) in [4.78, 5) is 9.72. The quantitative estimate of drug-likeness (QED) is 0.678. The van der Waals surface area contributed by atoms with Gasteiger partial charge in [0.25, 0.3) is 0 Å². The van der Waals surface area contributed by atoms with Gasteiger partial charge in [0.15, 0.2) is 11.3 Å². The van der Waals surface area contributed by atoms with E-state index in [9.17, 15) is 0 Å². The summed E-state index contributed by atoms with van der Waals surface area (Å²) in [5.74, 6) is 0. The Morgan fingerprint density at radius 2 is 2.26 bits per heavy atom. The summed E-state index contributed by atoms with van der Waals surface area (Å²) in [6, 6.07) is 4.31. The molecule has 6 heteroatoms. The molecular weight excluding hydrogens is 240 g/mol. The minimum absolute atomic E-state index is 0.250. The lowest BCUT2D eigenvalue weighted by molar-refractivity contribution is 0.752. The van der Waals surface area contributed by atoms with E-state index in [1.54, 1.807) is 6.20 Å². The van der Waals surface area contributed by atoms with Gasteiger partial charge >= 0.3 is 0 Å². The van der Waals surface area contributed by atoms with Crippen LogP contribution in [0.25, 0.3) is 22.1 Å². The standard InChI is InChI=1S/C13H14N6/c14-8-3-6-19(7-8)10-2-5-16-13-11(10)9-1-4-15-12(9)17-18-13/h1-2,4-5,8H,3,6-7,14H2,(H,15,17). The van der Waals surface area contributed by atoms with Crippen LogP contribution in [0.3, 0.4) is 0 Å². The van der Waals surface area contributed by atoms with E-state index in [-0.39, 0.29) is 6.04 Å². The fourth-order valence-corrected chi connectivity index (χ4v) is 2.79. The normalized spacial score (nSPS) is 19.6. The molecule has 1 fully saturated rings. The highest BCUT2D eigenvalue weighted by molar-refractivity contribution is 6.08. The van der Waals surface area contributed by atoms with Crippen LogP contribution in [0.5, 0.6) is 0 Å². The van der Waals surface area contributed by atoms with Gasteiger partial charge < -0.3 is 15.6 Å². The van der Waals surface area contributed by atoms with Crippen molar-refractivity contribution in [3.05, 3.63) is 24.5 Å².